The highest BCUT2D eigenvalue weighted by Crippen LogP contribution is 2.22. The van der Waals surface area contributed by atoms with Crippen molar-refractivity contribution < 1.29 is 4.74 Å². The Kier molecular flexibility index (Phi) is 5.36. The predicted molar refractivity (Wildman–Crippen MR) is 128 cm³/mol. The molecule has 10 heteroatoms. The zero-order valence-corrected chi connectivity index (χ0v) is 18.5. The smallest absolute Gasteiger partial charge is 0.205 e. The third kappa shape index (κ3) is 4.44. The van der Waals surface area contributed by atoms with Crippen LogP contribution in [0.2, 0.25) is 0 Å². The van der Waals surface area contributed by atoms with Crippen molar-refractivity contribution in [1.29, 1.82) is 0 Å². The zero-order valence-electron chi connectivity index (χ0n) is 18.5. The molecule has 0 aliphatic carbocycles. The Morgan fingerprint density at radius 2 is 1.74 bits per heavy atom. The SMILES string of the molecule is c1cc(OCc2ccc3ccccc3n2)cc(-c2nnn(Cc3ccccc3-n3cnnn3)n2)c1. The van der Waals surface area contributed by atoms with Gasteiger partial charge in [-0.3, -0.25) is 0 Å². The van der Waals surface area contributed by atoms with E-state index in [-0.39, 0.29) is 0 Å². The van der Waals surface area contributed by atoms with E-state index in [0.29, 0.717) is 24.7 Å². The number of benzene rings is 3. The lowest BCUT2D eigenvalue weighted by molar-refractivity contribution is 0.302. The standard InChI is InChI=1S/C25H19N9O/c1-3-10-23-18(6-1)12-13-21(27-23)16-35-22-9-5-8-19(14-22)25-28-31-34(29-25)15-20-7-2-4-11-24(20)33-17-26-30-32-33/h1-14,17H,15-16H2. The molecule has 3 aromatic heterocycles. The monoisotopic (exact) mass is 461 g/mol. The van der Waals surface area contributed by atoms with E-state index in [1.807, 2.05) is 78.9 Å². The maximum atomic E-state index is 6.00. The molecule has 0 spiro atoms. The zero-order chi connectivity index (χ0) is 23.5. The molecule has 0 unspecified atom stereocenters. The maximum absolute atomic E-state index is 6.00. The van der Waals surface area contributed by atoms with Gasteiger partial charge in [-0.2, -0.15) is 4.80 Å². The lowest BCUT2D eigenvalue weighted by atomic mass is 10.2. The second-order valence-corrected chi connectivity index (χ2v) is 7.84. The van der Waals surface area contributed by atoms with Crippen LogP contribution in [0.15, 0.2) is 91.3 Å². The third-order valence-electron chi connectivity index (χ3n) is 5.49. The minimum absolute atomic E-state index is 0.363. The number of para-hydroxylation sites is 2. The highest BCUT2D eigenvalue weighted by Gasteiger charge is 2.11. The summed E-state index contributed by atoms with van der Waals surface area (Å²) in [6, 6.07) is 27.5. The predicted octanol–water partition coefficient (Wildman–Crippen LogP) is 3.49. The number of tetrazole rings is 2. The quantitative estimate of drug-likeness (QED) is 0.355. The Bertz CT molecular complexity index is 1590. The van der Waals surface area contributed by atoms with Crippen molar-refractivity contribution in [3.8, 4) is 22.8 Å². The van der Waals surface area contributed by atoms with E-state index in [1.165, 1.54) is 0 Å². The summed E-state index contributed by atoms with van der Waals surface area (Å²) < 4.78 is 7.61. The molecular formula is C25H19N9O. The van der Waals surface area contributed by atoms with Gasteiger partial charge in [0.15, 0.2) is 0 Å². The molecule has 0 aliphatic heterocycles. The number of ether oxygens (including phenoxy) is 1. The van der Waals surface area contributed by atoms with E-state index in [9.17, 15) is 0 Å². The van der Waals surface area contributed by atoms with E-state index in [1.54, 1.807) is 15.8 Å². The number of hydrogen-bond donors (Lipinski definition) is 0. The van der Waals surface area contributed by atoms with Crippen molar-refractivity contribution in [2.24, 2.45) is 0 Å². The van der Waals surface area contributed by atoms with E-state index >= 15 is 0 Å². The fourth-order valence-electron chi connectivity index (χ4n) is 3.79. The summed E-state index contributed by atoms with van der Waals surface area (Å²) in [4.78, 5) is 6.21. The lowest BCUT2D eigenvalue weighted by Crippen LogP contribution is -2.08. The number of fused-ring (bicyclic) bond motifs is 1. The molecule has 3 heterocycles. The summed E-state index contributed by atoms with van der Waals surface area (Å²) in [5, 5.41) is 25.5. The molecule has 10 nitrogen and oxygen atoms in total. The summed E-state index contributed by atoms with van der Waals surface area (Å²) in [6.45, 7) is 0.787. The van der Waals surface area contributed by atoms with Crippen LogP contribution in [0.1, 0.15) is 11.3 Å². The molecule has 0 bridgehead atoms. The fourth-order valence-corrected chi connectivity index (χ4v) is 3.79. The van der Waals surface area contributed by atoms with Gasteiger partial charge in [0, 0.05) is 16.5 Å². The highest BCUT2D eigenvalue weighted by atomic mass is 16.5. The molecule has 170 valence electrons. The van der Waals surface area contributed by atoms with Crippen LogP contribution in [-0.2, 0) is 13.2 Å². The molecule has 6 aromatic rings. The first-order valence-corrected chi connectivity index (χ1v) is 11.0. The van der Waals surface area contributed by atoms with E-state index in [4.69, 9.17) is 4.74 Å². The highest BCUT2D eigenvalue weighted by molar-refractivity contribution is 5.78. The van der Waals surface area contributed by atoms with Crippen molar-refractivity contribution in [3.63, 3.8) is 0 Å². The normalized spacial score (nSPS) is 11.1. The van der Waals surface area contributed by atoms with Gasteiger partial charge in [0.25, 0.3) is 0 Å². The summed E-state index contributed by atoms with van der Waals surface area (Å²) in [6.07, 6.45) is 1.55. The largest absolute Gasteiger partial charge is 0.487 e. The molecule has 0 saturated heterocycles. The first-order valence-electron chi connectivity index (χ1n) is 11.0. The topological polar surface area (TPSA) is 109 Å². The van der Waals surface area contributed by atoms with Crippen LogP contribution in [0.5, 0.6) is 5.75 Å². The van der Waals surface area contributed by atoms with Crippen molar-refractivity contribution >= 4 is 10.9 Å². The Morgan fingerprint density at radius 1 is 0.829 bits per heavy atom. The summed E-state index contributed by atoms with van der Waals surface area (Å²) in [7, 11) is 0. The van der Waals surface area contributed by atoms with Gasteiger partial charge < -0.3 is 4.74 Å². The van der Waals surface area contributed by atoms with Crippen LogP contribution in [0.25, 0.3) is 28.0 Å². The molecule has 0 amide bonds. The van der Waals surface area contributed by atoms with Gasteiger partial charge in [0.05, 0.1) is 23.4 Å². The summed E-state index contributed by atoms with van der Waals surface area (Å²) in [5.41, 5.74) is 4.44. The molecule has 35 heavy (non-hydrogen) atoms. The Hall–Kier alpha value is -4.99. The van der Waals surface area contributed by atoms with Crippen molar-refractivity contribution in [3.05, 3.63) is 103 Å². The average Bonchev–Trinajstić information content (AvgIpc) is 3.61. The molecule has 6 rings (SSSR count). The number of pyridine rings is 1. The van der Waals surface area contributed by atoms with Crippen LogP contribution < -0.4 is 4.74 Å². The lowest BCUT2D eigenvalue weighted by Gasteiger charge is -2.08. The van der Waals surface area contributed by atoms with Gasteiger partial charge >= 0.3 is 0 Å². The van der Waals surface area contributed by atoms with Crippen LogP contribution in [0.4, 0.5) is 0 Å². The van der Waals surface area contributed by atoms with Gasteiger partial charge in [-0.15, -0.1) is 15.3 Å². The molecule has 0 atom stereocenters. The maximum Gasteiger partial charge on any atom is 0.205 e. The van der Waals surface area contributed by atoms with Crippen LogP contribution in [0.3, 0.4) is 0 Å². The molecule has 0 fully saturated rings. The first-order chi connectivity index (χ1) is 17.3. The van der Waals surface area contributed by atoms with Crippen LogP contribution >= 0.6 is 0 Å². The van der Waals surface area contributed by atoms with Crippen LogP contribution in [-0.4, -0.2) is 45.4 Å². The average molecular weight is 461 g/mol. The molecular weight excluding hydrogens is 442 g/mol. The molecule has 0 radical (unpaired) electrons. The van der Waals surface area contributed by atoms with Gasteiger partial charge in [-0.1, -0.05) is 54.6 Å². The molecule has 0 aliphatic rings. The number of nitrogens with zero attached hydrogens (tertiary/aromatic N) is 9. The van der Waals surface area contributed by atoms with Gasteiger partial charge in [-0.25, -0.2) is 9.67 Å². The summed E-state index contributed by atoms with van der Waals surface area (Å²) in [5.74, 6) is 1.22. The second kappa shape index (κ2) is 9.10. The molecule has 0 N–H and O–H groups in total. The van der Waals surface area contributed by atoms with Crippen molar-refractivity contribution in [1.82, 2.24) is 45.4 Å². The van der Waals surface area contributed by atoms with Crippen molar-refractivity contribution in [2.45, 2.75) is 13.2 Å². The first kappa shape index (κ1) is 20.6. The number of aromatic nitrogens is 9. The number of hydrogen-bond acceptors (Lipinski definition) is 8. The Labute approximate surface area is 199 Å². The van der Waals surface area contributed by atoms with Gasteiger partial charge in [-0.05, 0) is 46.0 Å². The fraction of sp³-hybridized carbons (Fsp3) is 0.0800. The van der Waals surface area contributed by atoms with E-state index < -0.39 is 0 Å². The van der Waals surface area contributed by atoms with Gasteiger partial charge in [0.2, 0.25) is 5.82 Å². The summed E-state index contributed by atoms with van der Waals surface area (Å²) >= 11 is 0. The van der Waals surface area contributed by atoms with Gasteiger partial charge in [0.1, 0.15) is 18.7 Å². The number of rotatable bonds is 7. The molecule has 0 saturated carbocycles. The minimum Gasteiger partial charge on any atom is -0.487 e. The second-order valence-electron chi connectivity index (χ2n) is 7.84. The van der Waals surface area contributed by atoms with E-state index in [2.05, 4.69) is 42.0 Å². The molecule has 3 aromatic carbocycles. The van der Waals surface area contributed by atoms with E-state index in [0.717, 1.165) is 33.4 Å². The Morgan fingerprint density at radius 3 is 2.69 bits per heavy atom. The Balaban J connectivity index is 1.17. The van der Waals surface area contributed by atoms with Crippen molar-refractivity contribution in [2.75, 3.05) is 0 Å². The minimum atomic E-state index is 0.363. The van der Waals surface area contributed by atoms with Crippen LogP contribution in [0, 0.1) is 0 Å². The third-order valence-corrected chi connectivity index (χ3v) is 5.49.